The standard InChI is InChI=1S/C17H29N3/c1-2-3-7-12-20-16-10-11-18-13-15(16)19-17(20)14-8-5-4-6-9-14/h14,18H,2-13H2,1H3. The minimum atomic E-state index is 0.732. The quantitative estimate of drug-likeness (QED) is 0.829. The number of aromatic nitrogens is 2. The molecule has 2 aliphatic rings. The Morgan fingerprint density at radius 1 is 1.20 bits per heavy atom. The number of rotatable bonds is 5. The molecule has 20 heavy (non-hydrogen) atoms. The first-order valence-electron chi connectivity index (χ1n) is 8.69. The maximum atomic E-state index is 5.05. The van der Waals surface area contributed by atoms with Crippen molar-refractivity contribution in [3.8, 4) is 0 Å². The average Bonchev–Trinajstić information content (AvgIpc) is 2.87. The van der Waals surface area contributed by atoms with Gasteiger partial charge in [-0.2, -0.15) is 0 Å². The molecule has 3 nitrogen and oxygen atoms in total. The molecule has 0 amide bonds. The lowest BCUT2D eigenvalue weighted by Gasteiger charge is -2.23. The predicted molar refractivity (Wildman–Crippen MR) is 83.0 cm³/mol. The molecule has 0 radical (unpaired) electrons. The van der Waals surface area contributed by atoms with Crippen LogP contribution in [0.5, 0.6) is 0 Å². The van der Waals surface area contributed by atoms with Crippen LogP contribution >= 0.6 is 0 Å². The molecule has 2 heterocycles. The van der Waals surface area contributed by atoms with Crippen molar-refractivity contribution in [2.24, 2.45) is 0 Å². The second-order valence-electron chi connectivity index (χ2n) is 6.48. The average molecular weight is 275 g/mol. The molecular formula is C17H29N3. The Hall–Kier alpha value is -0.830. The van der Waals surface area contributed by atoms with Crippen LogP contribution in [0.3, 0.4) is 0 Å². The summed E-state index contributed by atoms with van der Waals surface area (Å²) < 4.78 is 2.61. The molecule has 0 saturated heterocycles. The van der Waals surface area contributed by atoms with E-state index < -0.39 is 0 Å². The molecule has 0 unspecified atom stereocenters. The lowest BCUT2D eigenvalue weighted by atomic mass is 9.88. The van der Waals surface area contributed by atoms with Crippen LogP contribution in [0.25, 0.3) is 0 Å². The van der Waals surface area contributed by atoms with Gasteiger partial charge in [0, 0.05) is 37.7 Å². The lowest BCUT2D eigenvalue weighted by molar-refractivity contribution is 0.409. The molecule has 1 aromatic heterocycles. The van der Waals surface area contributed by atoms with Crippen molar-refractivity contribution >= 4 is 0 Å². The topological polar surface area (TPSA) is 29.9 Å². The number of hydrogen-bond acceptors (Lipinski definition) is 2. The fourth-order valence-electron chi connectivity index (χ4n) is 3.83. The van der Waals surface area contributed by atoms with Crippen LogP contribution in [-0.2, 0) is 19.5 Å². The molecule has 0 bridgehead atoms. The number of hydrogen-bond donors (Lipinski definition) is 1. The van der Waals surface area contributed by atoms with Gasteiger partial charge in [-0.15, -0.1) is 0 Å². The second kappa shape index (κ2) is 6.75. The summed E-state index contributed by atoms with van der Waals surface area (Å²) in [5.74, 6) is 2.16. The number of fused-ring (bicyclic) bond motifs is 1. The van der Waals surface area contributed by atoms with Crippen LogP contribution in [0.4, 0.5) is 0 Å². The van der Waals surface area contributed by atoms with E-state index in [1.807, 2.05) is 0 Å². The van der Waals surface area contributed by atoms with Crippen molar-refractivity contribution < 1.29 is 0 Å². The first-order chi connectivity index (χ1) is 9.90. The molecule has 3 heteroatoms. The van der Waals surface area contributed by atoms with E-state index >= 15 is 0 Å². The third-order valence-corrected chi connectivity index (χ3v) is 4.97. The van der Waals surface area contributed by atoms with E-state index in [1.54, 1.807) is 5.69 Å². The van der Waals surface area contributed by atoms with E-state index in [0.29, 0.717) is 0 Å². The van der Waals surface area contributed by atoms with Crippen LogP contribution in [0.2, 0.25) is 0 Å². The van der Waals surface area contributed by atoms with Gasteiger partial charge < -0.3 is 9.88 Å². The number of imidazole rings is 1. The largest absolute Gasteiger partial charge is 0.331 e. The van der Waals surface area contributed by atoms with E-state index in [1.165, 1.54) is 75.9 Å². The Morgan fingerprint density at radius 3 is 2.85 bits per heavy atom. The molecular weight excluding hydrogens is 246 g/mol. The first-order valence-corrected chi connectivity index (χ1v) is 8.69. The first kappa shape index (κ1) is 14.1. The summed E-state index contributed by atoms with van der Waals surface area (Å²) >= 11 is 0. The maximum absolute atomic E-state index is 5.05. The Balaban J connectivity index is 1.84. The summed E-state index contributed by atoms with van der Waals surface area (Å²) in [4.78, 5) is 5.05. The van der Waals surface area contributed by atoms with Gasteiger partial charge in [0.15, 0.2) is 0 Å². The van der Waals surface area contributed by atoms with Gasteiger partial charge in [-0.05, 0) is 19.3 Å². The van der Waals surface area contributed by atoms with Crippen molar-refractivity contribution in [3.63, 3.8) is 0 Å². The van der Waals surface area contributed by atoms with E-state index in [9.17, 15) is 0 Å². The van der Waals surface area contributed by atoms with Crippen molar-refractivity contribution in [2.75, 3.05) is 6.54 Å². The molecule has 112 valence electrons. The van der Waals surface area contributed by atoms with Gasteiger partial charge in [0.2, 0.25) is 0 Å². The fourth-order valence-corrected chi connectivity index (χ4v) is 3.83. The molecule has 1 aliphatic heterocycles. The third kappa shape index (κ3) is 2.93. The minimum absolute atomic E-state index is 0.732. The van der Waals surface area contributed by atoms with E-state index in [-0.39, 0.29) is 0 Å². The zero-order chi connectivity index (χ0) is 13.8. The molecule has 0 spiro atoms. The molecule has 1 fully saturated rings. The lowest BCUT2D eigenvalue weighted by Crippen LogP contribution is -2.25. The van der Waals surface area contributed by atoms with Gasteiger partial charge in [-0.3, -0.25) is 0 Å². The van der Waals surface area contributed by atoms with Gasteiger partial charge in [-0.25, -0.2) is 4.98 Å². The van der Waals surface area contributed by atoms with Gasteiger partial charge in [0.25, 0.3) is 0 Å². The normalized spacial score (nSPS) is 20.1. The van der Waals surface area contributed by atoms with Crippen molar-refractivity contribution in [1.29, 1.82) is 0 Å². The Morgan fingerprint density at radius 2 is 2.05 bits per heavy atom. The van der Waals surface area contributed by atoms with Gasteiger partial charge >= 0.3 is 0 Å². The van der Waals surface area contributed by atoms with Gasteiger partial charge in [0.1, 0.15) is 5.82 Å². The van der Waals surface area contributed by atoms with Crippen LogP contribution in [0.15, 0.2) is 0 Å². The predicted octanol–water partition coefficient (Wildman–Crippen LogP) is 3.77. The summed E-state index contributed by atoms with van der Waals surface area (Å²) in [5.41, 5.74) is 2.88. The molecule has 0 aromatic carbocycles. The van der Waals surface area contributed by atoms with E-state index in [0.717, 1.165) is 19.0 Å². The van der Waals surface area contributed by atoms with Crippen molar-refractivity contribution in [1.82, 2.24) is 14.9 Å². The Bertz CT molecular complexity index is 430. The molecule has 1 aliphatic carbocycles. The molecule has 1 N–H and O–H groups in total. The van der Waals surface area contributed by atoms with Gasteiger partial charge in [0.05, 0.1) is 5.69 Å². The Kier molecular flexibility index (Phi) is 4.77. The highest BCUT2D eigenvalue weighted by atomic mass is 15.1. The molecule has 3 rings (SSSR count). The van der Waals surface area contributed by atoms with Crippen LogP contribution in [0, 0.1) is 0 Å². The molecule has 1 aromatic rings. The monoisotopic (exact) mass is 275 g/mol. The van der Waals surface area contributed by atoms with Crippen LogP contribution in [-0.4, -0.2) is 16.1 Å². The highest BCUT2D eigenvalue weighted by Gasteiger charge is 2.25. The van der Waals surface area contributed by atoms with Gasteiger partial charge in [-0.1, -0.05) is 39.0 Å². The third-order valence-electron chi connectivity index (χ3n) is 4.97. The van der Waals surface area contributed by atoms with Crippen LogP contribution in [0.1, 0.15) is 81.4 Å². The smallest absolute Gasteiger partial charge is 0.112 e. The fraction of sp³-hybridized carbons (Fsp3) is 0.824. The highest BCUT2D eigenvalue weighted by Crippen LogP contribution is 2.34. The summed E-state index contributed by atoms with van der Waals surface area (Å²) in [6.07, 6.45) is 12.1. The van der Waals surface area contributed by atoms with Crippen molar-refractivity contribution in [3.05, 3.63) is 17.2 Å². The summed E-state index contributed by atoms with van der Waals surface area (Å²) in [5, 5.41) is 3.48. The van der Waals surface area contributed by atoms with E-state index in [4.69, 9.17) is 4.98 Å². The SMILES string of the molecule is CCCCCn1c(C2CCCCC2)nc2c1CCNC2. The summed E-state index contributed by atoms with van der Waals surface area (Å²) in [6, 6.07) is 0. The number of unbranched alkanes of at least 4 members (excludes halogenated alkanes) is 2. The summed E-state index contributed by atoms with van der Waals surface area (Å²) in [6.45, 7) is 5.59. The minimum Gasteiger partial charge on any atom is -0.331 e. The van der Waals surface area contributed by atoms with E-state index in [2.05, 4.69) is 16.8 Å². The number of nitrogens with zero attached hydrogens (tertiary/aromatic N) is 2. The molecule has 0 atom stereocenters. The highest BCUT2D eigenvalue weighted by molar-refractivity contribution is 5.22. The summed E-state index contributed by atoms with van der Waals surface area (Å²) in [7, 11) is 0. The number of nitrogens with one attached hydrogen (secondary N) is 1. The molecule has 1 saturated carbocycles. The Labute approximate surface area is 123 Å². The second-order valence-corrected chi connectivity index (χ2v) is 6.48. The zero-order valence-electron chi connectivity index (χ0n) is 13.0. The zero-order valence-corrected chi connectivity index (χ0v) is 13.0. The maximum Gasteiger partial charge on any atom is 0.112 e. The van der Waals surface area contributed by atoms with Crippen molar-refractivity contribution in [2.45, 2.75) is 83.7 Å². The van der Waals surface area contributed by atoms with Crippen LogP contribution < -0.4 is 5.32 Å².